The molecule has 10 heteroatoms. The minimum atomic E-state index is -0.284. The van der Waals surface area contributed by atoms with Gasteiger partial charge >= 0.3 is 0 Å². The van der Waals surface area contributed by atoms with Crippen LogP contribution in [0.15, 0.2) is 85.2 Å². The number of allylic oxidation sites excluding steroid dienone is 4. The number of nitrogens with zero attached hydrogens (tertiary/aromatic N) is 3. The van der Waals surface area contributed by atoms with E-state index in [1.807, 2.05) is 42.5 Å². The molecular formula is C36H36N4O6. The lowest BCUT2D eigenvalue weighted by Gasteiger charge is -2.18. The maximum atomic E-state index is 12.9. The van der Waals surface area contributed by atoms with Crippen molar-refractivity contribution in [2.24, 2.45) is 0 Å². The van der Waals surface area contributed by atoms with Crippen LogP contribution in [0.2, 0.25) is 0 Å². The van der Waals surface area contributed by atoms with E-state index in [-0.39, 0.29) is 23.7 Å². The molecule has 0 bridgehead atoms. The van der Waals surface area contributed by atoms with Crippen molar-refractivity contribution in [3.05, 3.63) is 90.8 Å². The Hall–Kier alpha value is -5.22. The van der Waals surface area contributed by atoms with E-state index in [9.17, 15) is 9.59 Å². The molecular weight excluding hydrogens is 584 g/mol. The fraction of sp³-hybridized carbons (Fsp3) is 0.278. The fourth-order valence-electron chi connectivity index (χ4n) is 5.54. The lowest BCUT2D eigenvalue weighted by Crippen LogP contribution is -2.21. The monoisotopic (exact) mass is 620 g/mol. The van der Waals surface area contributed by atoms with E-state index in [0.717, 1.165) is 31.8 Å². The molecule has 0 spiro atoms. The SMILES string of the molecule is COc1cc2c(Nc3ccc(OCCOc4ccccc4)cc3C3=CC(=O)C=CC3=O)ncnc2cc1OCCCN1CCCC1. The third-order valence-corrected chi connectivity index (χ3v) is 7.84. The van der Waals surface area contributed by atoms with Crippen LogP contribution in [0.1, 0.15) is 24.8 Å². The van der Waals surface area contributed by atoms with Gasteiger partial charge in [-0.05, 0) is 87.0 Å². The summed E-state index contributed by atoms with van der Waals surface area (Å²) in [6.07, 6.45) is 8.80. The van der Waals surface area contributed by atoms with Crippen molar-refractivity contribution in [2.45, 2.75) is 19.3 Å². The van der Waals surface area contributed by atoms with E-state index in [1.165, 1.54) is 37.4 Å². The number of benzene rings is 3. The number of hydrogen-bond donors (Lipinski definition) is 1. The summed E-state index contributed by atoms with van der Waals surface area (Å²) in [6, 6.07) is 18.5. The van der Waals surface area contributed by atoms with Crippen LogP contribution in [0, 0.1) is 0 Å². The quantitative estimate of drug-likeness (QED) is 0.137. The zero-order valence-electron chi connectivity index (χ0n) is 25.7. The first-order valence-electron chi connectivity index (χ1n) is 15.5. The Kier molecular flexibility index (Phi) is 9.84. The van der Waals surface area contributed by atoms with E-state index in [2.05, 4.69) is 20.2 Å². The van der Waals surface area contributed by atoms with E-state index in [0.29, 0.717) is 58.4 Å². The largest absolute Gasteiger partial charge is 0.493 e. The molecule has 1 saturated heterocycles. The third kappa shape index (κ3) is 7.52. The molecule has 2 heterocycles. The average molecular weight is 621 g/mol. The molecule has 4 aromatic rings. The van der Waals surface area contributed by atoms with E-state index >= 15 is 0 Å². The number of hydrogen-bond acceptors (Lipinski definition) is 10. The highest BCUT2D eigenvalue weighted by Gasteiger charge is 2.21. The molecule has 0 amide bonds. The molecule has 236 valence electrons. The van der Waals surface area contributed by atoms with Gasteiger partial charge in [-0.25, -0.2) is 9.97 Å². The minimum absolute atomic E-state index is 0.251. The number of carbonyl (C=O) groups is 2. The van der Waals surface area contributed by atoms with Gasteiger partial charge in [-0.1, -0.05) is 18.2 Å². The first-order valence-corrected chi connectivity index (χ1v) is 15.5. The highest BCUT2D eigenvalue weighted by molar-refractivity contribution is 6.34. The van der Waals surface area contributed by atoms with Gasteiger partial charge in [0.15, 0.2) is 23.1 Å². The van der Waals surface area contributed by atoms with Gasteiger partial charge in [-0.2, -0.15) is 0 Å². The smallest absolute Gasteiger partial charge is 0.186 e. The number of para-hydroxylation sites is 1. The Balaban J connectivity index is 1.22. The Morgan fingerprint density at radius 3 is 2.43 bits per heavy atom. The minimum Gasteiger partial charge on any atom is -0.493 e. The number of aromatic nitrogens is 2. The molecule has 10 nitrogen and oxygen atoms in total. The van der Waals surface area contributed by atoms with Crippen LogP contribution in [0.25, 0.3) is 16.5 Å². The number of nitrogens with one attached hydrogen (secondary N) is 1. The van der Waals surface area contributed by atoms with E-state index in [4.69, 9.17) is 18.9 Å². The van der Waals surface area contributed by atoms with Crippen LogP contribution in [0.3, 0.4) is 0 Å². The van der Waals surface area contributed by atoms with E-state index in [1.54, 1.807) is 25.3 Å². The predicted molar refractivity (Wildman–Crippen MR) is 176 cm³/mol. The predicted octanol–water partition coefficient (Wildman–Crippen LogP) is 5.80. The van der Waals surface area contributed by atoms with Gasteiger partial charge in [0, 0.05) is 34.8 Å². The van der Waals surface area contributed by atoms with Gasteiger partial charge in [0.25, 0.3) is 0 Å². The van der Waals surface area contributed by atoms with Gasteiger partial charge in [0.2, 0.25) is 0 Å². The zero-order valence-corrected chi connectivity index (χ0v) is 25.7. The summed E-state index contributed by atoms with van der Waals surface area (Å²) in [4.78, 5) is 36.7. The fourth-order valence-corrected chi connectivity index (χ4v) is 5.54. The molecule has 2 aliphatic rings. The molecule has 0 atom stereocenters. The summed E-state index contributed by atoms with van der Waals surface area (Å²) in [7, 11) is 1.60. The Bertz CT molecular complexity index is 1770. The van der Waals surface area contributed by atoms with Crippen molar-refractivity contribution in [2.75, 3.05) is 51.9 Å². The lowest BCUT2D eigenvalue weighted by atomic mass is 9.94. The molecule has 1 aromatic heterocycles. The maximum Gasteiger partial charge on any atom is 0.186 e. The molecule has 0 saturated carbocycles. The van der Waals surface area contributed by atoms with Gasteiger partial charge < -0.3 is 29.2 Å². The van der Waals surface area contributed by atoms with Crippen molar-refractivity contribution in [1.82, 2.24) is 14.9 Å². The first kappa shape index (κ1) is 30.8. The molecule has 0 radical (unpaired) electrons. The Labute approximate surface area is 267 Å². The molecule has 46 heavy (non-hydrogen) atoms. The molecule has 1 aliphatic heterocycles. The molecule has 6 rings (SSSR count). The van der Waals surface area contributed by atoms with Crippen LogP contribution in [-0.4, -0.2) is 73.0 Å². The summed E-state index contributed by atoms with van der Waals surface area (Å²) in [5, 5.41) is 4.06. The number of rotatable bonds is 14. The normalized spacial score (nSPS) is 14.8. The van der Waals surface area contributed by atoms with Crippen LogP contribution in [-0.2, 0) is 9.59 Å². The first-order chi connectivity index (χ1) is 22.6. The van der Waals surface area contributed by atoms with Crippen molar-refractivity contribution < 1.29 is 28.5 Å². The summed E-state index contributed by atoms with van der Waals surface area (Å²) in [6.45, 7) is 4.52. The number of methoxy groups -OCH3 is 1. The standard InChI is InChI=1S/C36H36N4O6/c1-43-34-22-30-32(23-35(34)46-17-7-16-40-14-5-6-15-40)37-24-38-36(30)39-31-12-11-27(45-19-18-44-26-8-3-2-4-9-26)21-28(31)29-20-25(41)10-13-33(29)42/h2-4,8-13,20-24H,5-7,14-19H2,1H3,(H,37,38,39). The molecule has 0 unspecified atom stereocenters. The second-order valence-electron chi connectivity index (χ2n) is 11.0. The molecule has 1 aliphatic carbocycles. The van der Waals surface area contributed by atoms with Crippen molar-refractivity contribution >= 4 is 39.5 Å². The zero-order chi connectivity index (χ0) is 31.7. The molecule has 3 aromatic carbocycles. The number of ether oxygens (including phenoxy) is 4. The average Bonchev–Trinajstić information content (AvgIpc) is 3.61. The summed E-state index contributed by atoms with van der Waals surface area (Å²) in [5.41, 5.74) is 1.98. The highest BCUT2D eigenvalue weighted by atomic mass is 16.5. The molecule has 1 N–H and O–H groups in total. The van der Waals surface area contributed by atoms with Crippen LogP contribution < -0.4 is 24.3 Å². The third-order valence-electron chi connectivity index (χ3n) is 7.84. The molecule has 1 fully saturated rings. The van der Waals surface area contributed by atoms with Crippen LogP contribution >= 0.6 is 0 Å². The number of ketones is 2. The summed E-state index contributed by atoms with van der Waals surface area (Å²) >= 11 is 0. The van der Waals surface area contributed by atoms with Gasteiger partial charge in [0.1, 0.15) is 36.9 Å². The summed E-state index contributed by atoms with van der Waals surface area (Å²) < 4.78 is 23.5. The topological polar surface area (TPSA) is 112 Å². The van der Waals surface area contributed by atoms with Gasteiger partial charge in [-0.3, -0.25) is 9.59 Å². The Morgan fingerprint density at radius 1 is 0.826 bits per heavy atom. The highest BCUT2D eigenvalue weighted by Crippen LogP contribution is 2.37. The van der Waals surface area contributed by atoms with Gasteiger partial charge in [0.05, 0.1) is 19.2 Å². The van der Waals surface area contributed by atoms with Crippen molar-refractivity contribution in [3.8, 4) is 23.0 Å². The van der Waals surface area contributed by atoms with Crippen LogP contribution in [0.4, 0.5) is 11.5 Å². The maximum absolute atomic E-state index is 12.9. The van der Waals surface area contributed by atoms with Gasteiger partial charge in [-0.15, -0.1) is 0 Å². The number of carbonyl (C=O) groups excluding carboxylic acids is 2. The second-order valence-corrected chi connectivity index (χ2v) is 11.0. The number of likely N-dealkylation sites (tertiary alicyclic amines) is 1. The number of fused-ring (bicyclic) bond motifs is 1. The van der Waals surface area contributed by atoms with Crippen molar-refractivity contribution in [3.63, 3.8) is 0 Å². The number of anilines is 2. The van der Waals surface area contributed by atoms with Crippen LogP contribution in [0.5, 0.6) is 23.0 Å². The summed E-state index contributed by atoms with van der Waals surface area (Å²) in [5.74, 6) is 2.40. The Morgan fingerprint density at radius 2 is 1.63 bits per heavy atom. The van der Waals surface area contributed by atoms with Crippen molar-refractivity contribution in [1.29, 1.82) is 0 Å². The lowest BCUT2D eigenvalue weighted by molar-refractivity contribution is -0.113. The second kappa shape index (κ2) is 14.7. The van der Waals surface area contributed by atoms with E-state index < -0.39 is 0 Å².